The highest BCUT2D eigenvalue weighted by atomic mass is 28.4. The second kappa shape index (κ2) is 6.28. The van der Waals surface area contributed by atoms with Gasteiger partial charge < -0.3 is 14.6 Å². The molecule has 1 aliphatic heterocycles. The van der Waals surface area contributed by atoms with E-state index in [0.29, 0.717) is 24.1 Å². The minimum absolute atomic E-state index is 0.0566. The predicted octanol–water partition coefficient (Wildman–Crippen LogP) is 5.18. The van der Waals surface area contributed by atoms with Crippen molar-refractivity contribution in [3.8, 4) is 17.4 Å². The Kier molecular flexibility index (Phi) is 4.27. The zero-order valence-electron chi connectivity index (χ0n) is 16.8. The van der Waals surface area contributed by atoms with Crippen LogP contribution in [0.25, 0.3) is 5.69 Å². The highest BCUT2D eigenvalue weighted by molar-refractivity contribution is 6.84. The summed E-state index contributed by atoms with van der Waals surface area (Å²) in [5, 5.41) is 23.5. The van der Waals surface area contributed by atoms with Gasteiger partial charge in [-0.05, 0) is 41.8 Å². The Labute approximate surface area is 162 Å². The summed E-state index contributed by atoms with van der Waals surface area (Å²) in [4.78, 5) is 0. The summed E-state index contributed by atoms with van der Waals surface area (Å²) in [5.74, 6) is 0.367. The van der Waals surface area contributed by atoms with Crippen molar-refractivity contribution in [1.29, 1.82) is 0 Å². The molecule has 0 amide bonds. The van der Waals surface area contributed by atoms with Crippen LogP contribution in [0.4, 0.5) is 0 Å². The third kappa shape index (κ3) is 2.37. The molecule has 2 aliphatic rings. The molecule has 144 valence electrons. The molecule has 0 saturated carbocycles. The smallest absolute Gasteiger partial charge is 0.225 e. The number of hydrogen-bond donors (Lipinski definition) is 2. The van der Waals surface area contributed by atoms with Gasteiger partial charge in [-0.3, -0.25) is 4.57 Å². The normalized spacial score (nSPS) is 21.1. The monoisotopic (exact) mass is 383 g/mol. The highest BCUT2D eigenvalue weighted by Gasteiger charge is 2.56. The van der Waals surface area contributed by atoms with E-state index in [0.717, 1.165) is 16.8 Å². The summed E-state index contributed by atoms with van der Waals surface area (Å²) in [5.41, 5.74) is 4.76. The highest BCUT2D eigenvalue weighted by Crippen LogP contribution is 2.57. The van der Waals surface area contributed by atoms with Gasteiger partial charge in [0.05, 0.1) is 5.69 Å². The Morgan fingerprint density at radius 1 is 1.04 bits per heavy atom. The molecule has 1 aliphatic carbocycles. The zero-order chi connectivity index (χ0) is 19.5. The van der Waals surface area contributed by atoms with Crippen LogP contribution < -0.4 is 0 Å². The van der Waals surface area contributed by atoms with E-state index in [1.165, 1.54) is 10.8 Å². The maximum atomic E-state index is 11.1. The largest absolute Gasteiger partial charge is 0.494 e. The average Bonchev–Trinajstić information content (AvgIpc) is 3.14. The Balaban J connectivity index is 1.91. The first-order chi connectivity index (χ1) is 12.8. The molecular formula is C22H29NO3Si. The Bertz CT molecular complexity index is 903. The van der Waals surface area contributed by atoms with E-state index >= 15 is 0 Å². The van der Waals surface area contributed by atoms with Crippen LogP contribution in [0.5, 0.6) is 11.8 Å². The second-order valence-corrected chi connectivity index (χ2v) is 13.3. The number of aromatic nitrogens is 1. The SMILES string of the molecule is CC1=C2C(CO[Si]2(C(C)C)C(C)C)c2c(c(O)n(-c3ccccc3)c2O)C1. The Morgan fingerprint density at radius 3 is 2.26 bits per heavy atom. The Hall–Kier alpha value is -1.98. The molecule has 0 bridgehead atoms. The molecule has 1 aromatic heterocycles. The first-order valence-electron chi connectivity index (χ1n) is 9.85. The summed E-state index contributed by atoms with van der Waals surface area (Å²) in [6.07, 6.45) is 0.679. The summed E-state index contributed by atoms with van der Waals surface area (Å²) < 4.78 is 8.20. The second-order valence-electron chi connectivity index (χ2n) is 8.55. The fourth-order valence-electron chi connectivity index (χ4n) is 5.47. The molecule has 27 heavy (non-hydrogen) atoms. The van der Waals surface area contributed by atoms with Crippen LogP contribution in [0.1, 0.15) is 51.7 Å². The lowest BCUT2D eigenvalue weighted by atomic mass is 9.87. The van der Waals surface area contributed by atoms with E-state index in [-0.39, 0.29) is 17.7 Å². The molecule has 1 saturated heterocycles. The van der Waals surface area contributed by atoms with Gasteiger partial charge in [0, 0.05) is 23.7 Å². The van der Waals surface area contributed by atoms with Crippen LogP contribution >= 0.6 is 0 Å². The van der Waals surface area contributed by atoms with E-state index < -0.39 is 8.32 Å². The van der Waals surface area contributed by atoms with Crippen LogP contribution in [0.15, 0.2) is 41.1 Å². The number of nitrogens with zero attached hydrogens (tertiary/aromatic N) is 1. The van der Waals surface area contributed by atoms with Crippen molar-refractivity contribution in [3.63, 3.8) is 0 Å². The molecule has 2 N–H and O–H groups in total. The van der Waals surface area contributed by atoms with E-state index in [1.807, 2.05) is 30.3 Å². The summed E-state index contributed by atoms with van der Waals surface area (Å²) in [7, 11) is -2.11. The molecular weight excluding hydrogens is 354 g/mol. The Morgan fingerprint density at radius 2 is 1.67 bits per heavy atom. The van der Waals surface area contributed by atoms with Gasteiger partial charge in [0.25, 0.3) is 0 Å². The zero-order valence-corrected chi connectivity index (χ0v) is 17.8. The number of aromatic hydroxyl groups is 2. The van der Waals surface area contributed by atoms with Crippen LogP contribution in [-0.2, 0) is 10.8 Å². The van der Waals surface area contributed by atoms with Crippen molar-refractivity contribution < 1.29 is 14.6 Å². The average molecular weight is 384 g/mol. The van der Waals surface area contributed by atoms with E-state index in [4.69, 9.17) is 4.43 Å². The van der Waals surface area contributed by atoms with Gasteiger partial charge in [-0.15, -0.1) is 0 Å². The fraction of sp³-hybridized carbons (Fsp3) is 0.455. The molecule has 1 aromatic carbocycles. The minimum Gasteiger partial charge on any atom is -0.494 e. The first-order valence-corrected chi connectivity index (χ1v) is 11.9. The third-order valence-corrected chi connectivity index (χ3v) is 12.2. The molecule has 1 unspecified atom stereocenters. The lowest BCUT2D eigenvalue weighted by Gasteiger charge is -2.38. The molecule has 0 spiro atoms. The summed E-state index contributed by atoms with van der Waals surface area (Å²) in [6.45, 7) is 11.9. The third-order valence-electron chi connectivity index (χ3n) is 6.50. The van der Waals surface area contributed by atoms with Gasteiger partial charge >= 0.3 is 0 Å². The first kappa shape index (κ1) is 18.4. The van der Waals surface area contributed by atoms with E-state index in [2.05, 4.69) is 34.6 Å². The predicted molar refractivity (Wildman–Crippen MR) is 110 cm³/mol. The lowest BCUT2D eigenvalue weighted by molar-refractivity contribution is 0.313. The molecule has 2 heterocycles. The van der Waals surface area contributed by atoms with Crippen molar-refractivity contribution in [2.24, 2.45) is 0 Å². The molecule has 0 radical (unpaired) electrons. The molecule has 4 rings (SSSR count). The van der Waals surface area contributed by atoms with Gasteiger partial charge in [0.1, 0.15) is 0 Å². The van der Waals surface area contributed by atoms with Crippen LogP contribution in [-0.4, -0.2) is 29.7 Å². The van der Waals surface area contributed by atoms with Gasteiger partial charge in [0.2, 0.25) is 20.1 Å². The number of benzene rings is 1. The maximum Gasteiger partial charge on any atom is 0.225 e. The van der Waals surface area contributed by atoms with Crippen molar-refractivity contribution in [2.75, 3.05) is 6.61 Å². The van der Waals surface area contributed by atoms with Gasteiger partial charge in [-0.2, -0.15) is 0 Å². The standard InChI is InChI=1S/C22H29NO3Si/c1-13(2)27(14(3)4)20-15(5)11-17-19(18(20)12-26-27)22(25)23(21(17)24)16-9-7-6-8-10-16/h6-10,13-14,18,24-25H,11-12H2,1-5H3. The molecule has 4 nitrogen and oxygen atoms in total. The quantitative estimate of drug-likeness (QED) is 0.718. The van der Waals surface area contributed by atoms with Gasteiger partial charge in [-0.1, -0.05) is 51.5 Å². The number of allylic oxidation sites excluding steroid dienone is 1. The lowest BCUT2D eigenvalue weighted by Crippen LogP contribution is -2.44. The van der Waals surface area contributed by atoms with Crippen molar-refractivity contribution in [1.82, 2.24) is 4.57 Å². The van der Waals surface area contributed by atoms with Crippen molar-refractivity contribution >= 4 is 8.32 Å². The molecule has 1 atom stereocenters. The minimum atomic E-state index is -2.11. The van der Waals surface area contributed by atoms with Gasteiger partial charge in [0.15, 0.2) is 0 Å². The number of hydrogen-bond acceptors (Lipinski definition) is 3. The number of rotatable bonds is 3. The van der Waals surface area contributed by atoms with Crippen molar-refractivity contribution in [3.05, 3.63) is 52.2 Å². The van der Waals surface area contributed by atoms with E-state index in [9.17, 15) is 10.2 Å². The number of fused-ring (bicyclic) bond motifs is 3. The van der Waals surface area contributed by atoms with E-state index in [1.54, 1.807) is 4.57 Å². The van der Waals surface area contributed by atoms with Gasteiger partial charge in [-0.25, -0.2) is 0 Å². The van der Waals surface area contributed by atoms with Crippen LogP contribution in [0, 0.1) is 0 Å². The number of para-hydroxylation sites is 1. The molecule has 2 aromatic rings. The fourth-order valence-corrected chi connectivity index (χ4v) is 10.8. The molecule has 1 fully saturated rings. The topological polar surface area (TPSA) is 54.6 Å². The van der Waals surface area contributed by atoms with Crippen molar-refractivity contribution in [2.45, 2.75) is 58.0 Å². The molecule has 5 heteroatoms. The summed E-state index contributed by atoms with van der Waals surface area (Å²) >= 11 is 0. The van der Waals surface area contributed by atoms with Crippen LogP contribution in [0.2, 0.25) is 11.1 Å². The van der Waals surface area contributed by atoms with Crippen LogP contribution in [0.3, 0.4) is 0 Å². The maximum absolute atomic E-state index is 11.1. The summed E-state index contributed by atoms with van der Waals surface area (Å²) in [6, 6.07) is 9.56.